The van der Waals surface area contributed by atoms with Crippen molar-refractivity contribution < 1.29 is 0 Å². The van der Waals surface area contributed by atoms with Crippen molar-refractivity contribution >= 4 is 0 Å². The Hall–Kier alpha value is -0.860. The normalized spacial score (nSPS) is 19.7. The summed E-state index contributed by atoms with van der Waals surface area (Å²) in [6, 6.07) is 7.32. The molecule has 1 saturated heterocycles. The molecular formula is C14H22N2. The smallest absolute Gasteiger partial charge is 0.0323 e. The average Bonchev–Trinajstić information content (AvgIpc) is 2.32. The molecule has 0 bridgehead atoms. The van der Waals surface area contributed by atoms with Gasteiger partial charge in [0.25, 0.3) is 0 Å². The van der Waals surface area contributed by atoms with Gasteiger partial charge in [0.1, 0.15) is 0 Å². The molecule has 88 valence electrons. The van der Waals surface area contributed by atoms with Crippen LogP contribution in [0, 0.1) is 13.8 Å². The number of piperazine rings is 1. The molecule has 1 aliphatic rings. The van der Waals surface area contributed by atoms with Crippen molar-refractivity contribution in [1.29, 1.82) is 0 Å². The Morgan fingerprint density at radius 1 is 1.19 bits per heavy atom. The van der Waals surface area contributed by atoms with Crippen LogP contribution in [0.4, 0.5) is 0 Å². The van der Waals surface area contributed by atoms with E-state index in [-0.39, 0.29) is 0 Å². The minimum atomic E-state index is 0.544. The lowest BCUT2D eigenvalue weighted by atomic mass is 9.98. The second kappa shape index (κ2) is 4.98. The van der Waals surface area contributed by atoms with Crippen LogP contribution in [-0.2, 0) is 0 Å². The number of hydrogen-bond acceptors (Lipinski definition) is 2. The van der Waals surface area contributed by atoms with Gasteiger partial charge in [0, 0.05) is 32.2 Å². The minimum absolute atomic E-state index is 0.544. The van der Waals surface area contributed by atoms with E-state index < -0.39 is 0 Å². The Kier molecular flexibility index (Phi) is 3.62. The predicted molar refractivity (Wildman–Crippen MR) is 68.8 cm³/mol. The van der Waals surface area contributed by atoms with Gasteiger partial charge in [-0.3, -0.25) is 4.90 Å². The van der Waals surface area contributed by atoms with E-state index in [0.29, 0.717) is 6.04 Å². The van der Waals surface area contributed by atoms with Gasteiger partial charge in [-0.05, 0) is 31.9 Å². The van der Waals surface area contributed by atoms with E-state index in [2.05, 4.69) is 49.2 Å². The van der Waals surface area contributed by atoms with E-state index in [4.69, 9.17) is 0 Å². The van der Waals surface area contributed by atoms with Crippen LogP contribution in [0.3, 0.4) is 0 Å². The maximum Gasteiger partial charge on any atom is 0.0323 e. The van der Waals surface area contributed by atoms with E-state index in [9.17, 15) is 0 Å². The zero-order chi connectivity index (χ0) is 11.5. The molecule has 2 nitrogen and oxygen atoms in total. The summed E-state index contributed by atoms with van der Waals surface area (Å²) in [6.07, 6.45) is 0. The van der Waals surface area contributed by atoms with Crippen LogP contribution in [0.2, 0.25) is 0 Å². The van der Waals surface area contributed by atoms with Gasteiger partial charge in [-0.1, -0.05) is 23.8 Å². The van der Waals surface area contributed by atoms with Crippen molar-refractivity contribution in [3.8, 4) is 0 Å². The molecule has 1 aromatic carbocycles. The summed E-state index contributed by atoms with van der Waals surface area (Å²) in [5.74, 6) is 0. The lowest BCUT2D eigenvalue weighted by molar-refractivity contribution is 0.185. The first kappa shape index (κ1) is 11.6. The third-order valence-corrected chi connectivity index (χ3v) is 3.58. The molecule has 0 amide bonds. The Morgan fingerprint density at radius 3 is 2.56 bits per heavy atom. The van der Waals surface area contributed by atoms with Gasteiger partial charge in [-0.15, -0.1) is 0 Å². The molecule has 1 atom stereocenters. The molecule has 1 N–H and O–H groups in total. The Labute approximate surface area is 98.7 Å². The van der Waals surface area contributed by atoms with Gasteiger partial charge in [-0.2, -0.15) is 0 Å². The molecule has 16 heavy (non-hydrogen) atoms. The first-order chi connectivity index (χ1) is 7.68. The molecule has 1 heterocycles. The first-order valence-electron chi connectivity index (χ1n) is 6.20. The van der Waals surface area contributed by atoms with Crippen LogP contribution < -0.4 is 5.32 Å². The highest BCUT2D eigenvalue weighted by atomic mass is 15.2. The van der Waals surface area contributed by atoms with Crippen molar-refractivity contribution in [2.45, 2.75) is 26.8 Å². The quantitative estimate of drug-likeness (QED) is 0.819. The van der Waals surface area contributed by atoms with Gasteiger partial charge in [-0.25, -0.2) is 0 Å². The third-order valence-electron chi connectivity index (χ3n) is 3.58. The summed E-state index contributed by atoms with van der Waals surface area (Å²) in [5.41, 5.74) is 4.26. The van der Waals surface area contributed by atoms with Gasteiger partial charge in [0.05, 0.1) is 0 Å². The largest absolute Gasteiger partial charge is 0.314 e. The molecule has 0 aromatic heterocycles. The molecule has 0 unspecified atom stereocenters. The number of nitrogens with zero attached hydrogens (tertiary/aromatic N) is 1. The van der Waals surface area contributed by atoms with Crippen molar-refractivity contribution in [3.63, 3.8) is 0 Å². The highest BCUT2D eigenvalue weighted by Crippen LogP contribution is 2.24. The van der Waals surface area contributed by atoms with E-state index in [1.165, 1.54) is 16.7 Å². The maximum atomic E-state index is 3.41. The van der Waals surface area contributed by atoms with Crippen molar-refractivity contribution in [2.75, 3.05) is 26.2 Å². The standard InChI is InChI=1S/C14H22N2/c1-11-4-5-12(2)14(10-11)13(3)16-8-6-15-7-9-16/h4-5,10,13,15H,6-9H2,1-3H3/t13-/m0/s1. The highest BCUT2D eigenvalue weighted by Gasteiger charge is 2.18. The monoisotopic (exact) mass is 218 g/mol. The minimum Gasteiger partial charge on any atom is -0.314 e. The van der Waals surface area contributed by atoms with E-state index >= 15 is 0 Å². The molecule has 2 heteroatoms. The average molecular weight is 218 g/mol. The lowest BCUT2D eigenvalue weighted by Gasteiger charge is -2.33. The maximum absolute atomic E-state index is 3.41. The molecule has 1 aromatic rings. The molecule has 0 aliphatic carbocycles. The van der Waals surface area contributed by atoms with Gasteiger partial charge in [0.2, 0.25) is 0 Å². The van der Waals surface area contributed by atoms with Crippen molar-refractivity contribution in [1.82, 2.24) is 10.2 Å². The van der Waals surface area contributed by atoms with Crippen LogP contribution >= 0.6 is 0 Å². The van der Waals surface area contributed by atoms with Crippen LogP contribution in [0.1, 0.15) is 29.7 Å². The second-order valence-corrected chi connectivity index (χ2v) is 4.82. The fraction of sp³-hybridized carbons (Fsp3) is 0.571. The molecule has 2 rings (SSSR count). The number of benzene rings is 1. The topological polar surface area (TPSA) is 15.3 Å². The lowest BCUT2D eigenvalue weighted by Crippen LogP contribution is -2.44. The number of nitrogens with one attached hydrogen (secondary N) is 1. The SMILES string of the molecule is Cc1ccc(C)c([C@H](C)N2CCNCC2)c1. The van der Waals surface area contributed by atoms with Gasteiger partial charge in [0.15, 0.2) is 0 Å². The van der Waals surface area contributed by atoms with Crippen LogP contribution in [0.25, 0.3) is 0 Å². The molecule has 1 fully saturated rings. The fourth-order valence-electron chi connectivity index (χ4n) is 2.48. The van der Waals surface area contributed by atoms with Gasteiger partial charge >= 0.3 is 0 Å². The predicted octanol–water partition coefficient (Wildman–Crippen LogP) is 2.27. The summed E-state index contributed by atoms with van der Waals surface area (Å²) < 4.78 is 0. The number of hydrogen-bond donors (Lipinski definition) is 1. The summed E-state index contributed by atoms with van der Waals surface area (Å²) >= 11 is 0. The highest BCUT2D eigenvalue weighted by molar-refractivity contribution is 5.32. The summed E-state index contributed by atoms with van der Waals surface area (Å²) in [6.45, 7) is 11.3. The Morgan fingerprint density at radius 2 is 1.88 bits per heavy atom. The molecular weight excluding hydrogens is 196 g/mol. The Balaban J connectivity index is 2.18. The van der Waals surface area contributed by atoms with E-state index in [1.807, 2.05) is 0 Å². The van der Waals surface area contributed by atoms with E-state index in [1.54, 1.807) is 0 Å². The van der Waals surface area contributed by atoms with Crippen molar-refractivity contribution in [3.05, 3.63) is 34.9 Å². The second-order valence-electron chi connectivity index (χ2n) is 4.82. The summed E-state index contributed by atoms with van der Waals surface area (Å²) in [4.78, 5) is 2.57. The van der Waals surface area contributed by atoms with Crippen molar-refractivity contribution in [2.24, 2.45) is 0 Å². The van der Waals surface area contributed by atoms with Crippen LogP contribution in [-0.4, -0.2) is 31.1 Å². The fourth-order valence-corrected chi connectivity index (χ4v) is 2.48. The first-order valence-corrected chi connectivity index (χ1v) is 6.20. The molecule has 0 radical (unpaired) electrons. The molecule has 1 aliphatic heterocycles. The Bertz CT molecular complexity index is 354. The van der Waals surface area contributed by atoms with Crippen LogP contribution in [0.15, 0.2) is 18.2 Å². The zero-order valence-electron chi connectivity index (χ0n) is 10.6. The van der Waals surface area contributed by atoms with Gasteiger partial charge < -0.3 is 5.32 Å². The number of aryl methyl sites for hydroxylation is 2. The number of rotatable bonds is 2. The third kappa shape index (κ3) is 2.45. The van der Waals surface area contributed by atoms with Crippen LogP contribution in [0.5, 0.6) is 0 Å². The summed E-state index contributed by atoms with van der Waals surface area (Å²) in [5, 5.41) is 3.41. The zero-order valence-corrected chi connectivity index (χ0v) is 10.6. The molecule has 0 spiro atoms. The van der Waals surface area contributed by atoms with E-state index in [0.717, 1.165) is 26.2 Å². The summed E-state index contributed by atoms with van der Waals surface area (Å²) in [7, 11) is 0. The molecule has 0 saturated carbocycles.